The molecule has 1 heterocycles. The predicted molar refractivity (Wildman–Crippen MR) is 121 cm³/mol. The van der Waals surface area contributed by atoms with Gasteiger partial charge in [-0.15, -0.1) is 6.58 Å². The first-order valence-electron chi connectivity index (χ1n) is 9.77. The van der Waals surface area contributed by atoms with Crippen molar-refractivity contribution in [1.82, 2.24) is 4.57 Å². The molecule has 0 aliphatic heterocycles. The van der Waals surface area contributed by atoms with Crippen molar-refractivity contribution < 1.29 is 14.3 Å². The molecule has 0 spiro atoms. The average Bonchev–Trinajstić information content (AvgIpc) is 3.07. The van der Waals surface area contributed by atoms with Crippen molar-refractivity contribution in [2.75, 3.05) is 18.5 Å². The maximum Gasteiger partial charge on any atom is 0.412 e. The van der Waals surface area contributed by atoms with E-state index in [2.05, 4.69) is 11.9 Å². The number of hydrogen-bond donors (Lipinski definition) is 1. The van der Waals surface area contributed by atoms with E-state index in [0.29, 0.717) is 24.8 Å². The minimum Gasteiger partial charge on any atom is -0.494 e. The second kappa shape index (κ2) is 10.5. The third kappa shape index (κ3) is 5.18. The Morgan fingerprint density at radius 3 is 2.50 bits per heavy atom. The summed E-state index contributed by atoms with van der Waals surface area (Å²) < 4.78 is 12.6. The number of amides is 1. The van der Waals surface area contributed by atoms with E-state index < -0.39 is 6.09 Å². The van der Waals surface area contributed by atoms with E-state index in [0.717, 1.165) is 27.5 Å². The zero-order valence-electron chi connectivity index (χ0n) is 17.1. The van der Waals surface area contributed by atoms with Crippen molar-refractivity contribution in [2.45, 2.75) is 20.4 Å². The molecule has 30 heavy (non-hydrogen) atoms. The Morgan fingerprint density at radius 2 is 1.87 bits per heavy atom. The van der Waals surface area contributed by atoms with Crippen LogP contribution >= 0.6 is 11.3 Å². The van der Waals surface area contributed by atoms with Crippen LogP contribution in [0.4, 0.5) is 15.5 Å². The molecule has 3 aromatic rings. The summed E-state index contributed by atoms with van der Waals surface area (Å²) in [6, 6.07) is 17.5. The molecule has 0 aliphatic carbocycles. The number of nitrogens with one attached hydrogen (secondary N) is 1. The molecule has 0 saturated heterocycles. The molecule has 0 saturated carbocycles. The lowest BCUT2D eigenvalue weighted by molar-refractivity contribution is 0.168. The number of rotatable bonds is 8. The Balaban J connectivity index is 2.13. The molecule has 0 unspecified atom stereocenters. The van der Waals surface area contributed by atoms with Crippen molar-refractivity contribution in [3.8, 4) is 17.0 Å². The van der Waals surface area contributed by atoms with Crippen LogP contribution in [0.3, 0.4) is 0 Å². The number of aromatic nitrogens is 1. The Bertz CT molecular complexity index is 1050. The highest BCUT2D eigenvalue weighted by atomic mass is 32.1. The third-order valence-corrected chi connectivity index (χ3v) is 5.13. The van der Waals surface area contributed by atoms with Gasteiger partial charge >= 0.3 is 6.09 Å². The number of carbonyl (C=O) groups excluding carboxylic acids is 1. The van der Waals surface area contributed by atoms with Gasteiger partial charge in [0, 0.05) is 12.1 Å². The van der Waals surface area contributed by atoms with E-state index >= 15 is 0 Å². The second-order valence-electron chi connectivity index (χ2n) is 6.21. The van der Waals surface area contributed by atoms with Crippen LogP contribution < -0.4 is 14.9 Å². The highest BCUT2D eigenvalue weighted by Gasteiger charge is 2.17. The van der Waals surface area contributed by atoms with E-state index in [1.54, 1.807) is 6.92 Å². The summed E-state index contributed by atoms with van der Waals surface area (Å²) in [6.45, 7) is 9.07. The summed E-state index contributed by atoms with van der Waals surface area (Å²) in [5, 5.41) is 3.54. The van der Waals surface area contributed by atoms with E-state index in [1.807, 2.05) is 72.2 Å². The molecular weight excluding hydrogens is 398 g/mol. The number of anilines is 1. The monoisotopic (exact) mass is 423 g/mol. The van der Waals surface area contributed by atoms with Crippen LogP contribution in [-0.4, -0.2) is 23.9 Å². The van der Waals surface area contributed by atoms with Crippen molar-refractivity contribution in [3.05, 3.63) is 72.1 Å². The van der Waals surface area contributed by atoms with Crippen molar-refractivity contribution in [3.63, 3.8) is 0 Å². The van der Waals surface area contributed by atoms with Gasteiger partial charge in [0.05, 0.1) is 24.6 Å². The van der Waals surface area contributed by atoms with E-state index in [1.165, 1.54) is 11.3 Å². The fourth-order valence-corrected chi connectivity index (χ4v) is 3.98. The van der Waals surface area contributed by atoms with Gasteiger partial charge in [0.2, 0.25) is 0 Å². The normalized spacial score (nSPS) is 11.2. The standard InChI is InChI=1S/C23H25N3O3S/c1-4-16-26-20(17-10-8-7-9-11-17)21(25-23(27)29-6-3)30-22(26)24-18-12-14-19(15-13-18)28-5-2/h4,7-15H,1,5-6,16H2,2-3H3,(H,25,27). The van der Waals surface area contributed by atoms with Crippen molar-refractivity contribution >= 4 is 28.1 Å². The van der Waals surface area contributed by atoms with Crippen LogP contribution in [0.5, 0.6) is 5.75 Å². The first-order valence-corrected chi connectivity index (χ1v) is 10.6. The topological polar surface area (TPSA) is 64.9 Å². The van der Waals surface area contributed by atoms with Gasteiger partial charge in [-0.2, -0.15) is 0 Å². The van der Waals surface area contributed by atoms with Crippen LogP contribution in [-0.2, 0) is 11.3 Å². The maximum atomic E-state index is 12.1. The number of carbonyl (C=O) groups is 1. The molecule has 2 aromatic carbocycles. The van der Waals surface area contributed by atoms with Gasteiger partial charge in [-0.1, -0.05) is 47.7 Å². The minimum atomic E-state index is -0.491. The Kier molecular flexibility index (Phi) is 7.45. The second-order valence-corrected chi connectivity index (χ2v) is 7.19. The zero-order valence-corrected chi connectivity index (χ0v) is 17.9. The molecule has 0 radical (unpaired) electrons. The lowest BCUT2D eigenvalue weighted by Crippen LogP contribution is -2.15. The molecule has 3 rings (SSSR count). The highest BCUT2D eigenvalue weighted by molar-refractivity contribution is 7.14. The number of hydrogen-bond acceptors (Lipinski definition) is 5. The van der Waals surface area contributed by atoms with Gasteiger partial charge in [0.1, 0.15) is 10.8 Å². The molecule has 1 N–H and O–H groups in total. The molecule has 0 bridgehead atoms. The van der Waals surface area contributed by atoms with Crippen molar-refractivity contribution in [2.24, 2.45) is 4.99 Å². The van der Waals surface area contributed by atoms with E-state index in [9.17, 15) is 4.79 Å². The SMILES string of the molecule is C=CCn1c(-c2ccccc2)c(NC(=O)OCC)sc1=Nc1ccc(OCC)cc1. The van der Waals surface area contributed by atoms with Crippen LogP contribution in [0, 0.1) is 0 Å². The summed E-state index contributed by atoms with van der Waals surface area (Å²) in [6.07, 6.45) is 1.32. The largest absolute Gasteiger partial charge is 0.494 e. The molecule has 156 valence electrons. The quantitative estimate of drug-likeness (QED) is 0.480. The summed E-state index contributed by atoms with van der Waals surface area (Å²) in [4.78, 5) is 17.7. The lowest BCUT2D eigenvalue weighted by atomic mass is 10.1. The summed E-state index contributed by atoms with van der Waals surface area (Å²) in [5.41, 5.74) is 2.62. The minimum absolute atomic E-state index is 0.300. The molecule has 0 fully saturated rings. The van der Waals surface area contributed by atoms with Crippen molar-refractivity contribution in [1.29, 1.82) is 0 Å². The van der Waals surface area contributed by atoms with Crippen LogP contribution in [0.15, 0.2) is 72.2 Å². The highest BCUT2D eigenvalue weighted by Crippen LogP contribution is 2.31. The average molecular weight is 424 g/mol. The van der Waals surface area contributed by atoms with Gasteiger partial charge in [-0.25, -0.2) is 9.79 Å². The lowest BCUT2D eigenvalue weighted by Gasteiger charge is -2.10. The smallest absolute Gasteiger partial charge is 0.412 e. The van der Waals surface area contributed by atoms with E-state index in [-0.39, 0.29) is 0 Å². The van der Waals surface area contributed by atoms with E-state index in [4.69, 9.17) is 14.5 Å². The fourth-order valence-electron chi connectivity index (χ4n) is 2.92. The van der Waals surface area contributed by atoms with Crippen LogP contribution in [0.1, 0.15) is 13.8 Å². The first-order chi connectivity index (χ1) is 14.7. The Labute approximate surface area is 180 Å². The zero-order chi connectivity index (χ0) is 21.3. The number of allylic oxidation sites excluding steroid dienone is 1. The molecule has 0 atom stereocenters. The number of benzene rings is 2. The number of nitrogens with zero attached hydrogens (tertiary/aromatic N) is 2. The van der Waals surface area contributed by atoms with Crippen LogP contribution in [0.25, 0.3) is 11.3 Å². The Hall–Kier alpha value is -3.32. The van der Waals surface area contributed by atoms with Gasteiger partial charge in [-0.05, 0) is 38.1 Å². The Morgan fingerprint density at radius 1 is 1.13 bits per heavy atom. The number of thiazole rings is 1. The third-order valence-electron chi connectivity index (χ3n) is 4.13. The summed E-state index contributed by atoms with van der Waals surface area (Å²) in [5.74, 6) is 0.802. The first kappa shape index (κ1) is 21.4. The maximum absolute atomic E-state index is 12.1. The molecule has 1 amide bonds. The molecule has 7 heteroatoms. The van der Waals surface area contributed by atoms with Gasteiger partial charge < -0.3 is 14.0 Å². The fraction of sp³-hybridized carbons (Fsp3) is 0.217. The van der Waals surface area contributed by atoms with Gasteiger partial charge in [0.15, 0.2) is 4.80 Å². The summed E-state index contributed by atoms with van der Waals surface area (Å²) >= 11 is 1.39. The van der Waals surface area contributed by atoms with Gasteiger partial charge in [-0.3, -0.25) is 5.32 Å². The predicted octanol–water partition coefficient (Wildman–Crippen LogP) is 5.60. The van der Waals surface area contributed by atoms with Crippen LogP contribution in [0.2, 0.25) is 0 Å². The molecule has 6 nitrogen and oxygen atoms in total. The molecule has 1 aromatic heterocycles. The molecular formula is C23H25N3O3S. The number of ether oxygens (including phenoxy) is 2. The summed E-state index contributed by atoms with van der Waals surface area (Å²) in [7, 11) is 0. The molecule has 0 aliphatic rings. The van der Waals surface area contributed by atoms with Gasteiger partial charge in [0.25, 0.3) is 0 Å².